The Hall–Kier alpha value is -1.31. The number of carbonyl (C=O) groups excluding carboxylic acids is 1. The third-order valence-corrected chi connectivity index (χ3v) is 3.45. The summed E-state index contributed by atoms with van der Waals surface area (Å²) in [7, 11) is -0.593. The highest BCUT2D eigenvalue weighted by atomic mass is 35.5. The molecule has 0 aliphatic rings. The number of hydrogen-bond donors (Lipinski definition) is 1. The minimum atomic E-state index is -3.27. The maximum absolute atomic E-state index is 11.7. The molecule has 8 heteroatoms. The molecule has 0 atom stereocenters. The van der Waals surface area contributed by atoms with Crippen LogP contribution in [0, 0.1) is 0 Å². The van der Waals surface area contributed by atoms with Crippen LogP contribution in [0.2, 0.25) is 5.02 Å². The second-order valence-corrected chi connectivity index (χ2v) is 6.32. The minimum absolute atomic E-state index is 0.177. The molecule has 112 valence electrons. The first-order valence-corrected chi connectivity index (χ1v) is 7.94. The molecule has 0 heterocycles. The molecular formula is C12H16ClNO5S. The summed E-state index contributed by atoms with van der Waals surface area (Å²) in [5.41, 5.74) is 0.827. The second-order valence-electron chi connectivity index (χ2n) is 4.05. The van der Waals surface area contributed by atoms with Crippen LogP contribution >= 0.6 is 11.6 Å². The highest BCUT2D eigenvalue weighted by molar-refractivity contribution is 7.88. The van der Waals surface area contributed by atoms with Crippen molar-refractivity contribution in [3.05, 3.63) is 28.3 Å². The molecule has 0 aliphatic carbocycles. The van der Waals surface area contributed by atoms with Crippen molar-refractivity contribution in [3.8, 4) is 5.75 Å². The van der Waals surface area contributed by atoms with Gasteiger partial charge < -0.3 is 9.47 Å². The first kappa shape index (κ1) is 16.7. The van der Waals surface area contributed by atoms with E-state index in [4.69, 9.17) is 16.3 Å². The van der Waals surface area contributed by atoms with Crippen LogP contribution in [0.4, 0.5) is 0 Å². The van der Waals surface area contributed by atoms with Crippen LogP contribution < -0.4 is 9.46 Å². The molecule has 0 saturated heterocycles. The van der Waals surface area contributed by atoms with Crippen LogP contribution in [0.15, 0.2) is 12.1 Å². The van der Waals surface area contributed by atoms with Gasteiger partial charge in [0.2, 0.25) is 10.0 Å². The summed E-state index contributed by atoms with van der Waals surface area (Å²) in [4.78, 5) is 11.7. The van der Waals surface area contributed by atoms with Gasteiger partial charge in [0.1, 0.15) is 11.3 Å². The summed E-state index contributed by atoms with van der Waals surface area (Å²) >= 11 is 5.95. The molecule has 1 aromatic rings. The lowest BCUT2D eigenvalue weighted by atomic mass is 10.1. The highest BCUT2D eigenvalue weighted by Gasteiger charge is 2.18. The van der Waals surface area contributed by atoms with Crippen molar-refractivity contribution in [2.45, 2.75) is 6.42 Å². The van der Waals surface area contributed by atoms with E-state index in [1.807, 2.05) is 0 Å². The Labute approximate surface area is 123 Å². The van der Waals surface area contributed by atoms with E-state index in [1.165, 1.54) is 20.3 Å². The Morgan fingerprint density at radius 1 is 1.35 bits per heavy atom. The molecule has 0 aromatic heterocycles. The molecule has 0 spiro atoms. The van der Waals surface area contributed by atoms with Crippen molar-refractivity contribution in [2.24, 2.45) is 0 Å². The largest absolute Gasteiger partial charge is 0.496 e. The van der Waals surface area contributed by atoms with Gasteiger partial charge in [-0.25, -0.2) is 17.9 Å². The molecule has 0 fully saturated rings. The summed E-state index contributed by atoms with van der Waals surface area (Å²) < 4.78 is 34.3. The molecule has 1 aromatic carbocycles. The first-order valence-electron chi connectivity index (χ1n) is 5.68. The number of esters is 1. The lowest BCUT2D eigenvalue weighted by molar-refractivity contribution is 0.0597. The average molecular weight is 322 g/mol. The molecule has 0 bridgehead atoms. The normalized spacial score (nSPS) is 11.2. The summed E-state index contributed by atoms with van der Waals surface area (Å²) in [5, 5.41) is 0.348. The van der Waals surface area contributed by atoms with E-state index in [9.17, 15) is 13.2 Å². The second kappa shape index (κ2) is 6.92. The van der Waals surface area contributed by atoms with Gasteiger partial charge in [0.25, 0.3) is 0 Å². The fourth-order valence-electron chi connectivity index (χ4n) is 1.71. The molecule has 0 unspecified atom stereocenters. The molecule has 0 radical (unpaired) electrons. The van der Waals surface area contributed by atoms with Gasteiger partial charge in [0.05, 0.1) is 20.5 Å². The molecular weight excluding hydrogens is 306 g/mol. The third-order valence-electron chi connectivity index (χ3n) is 2.50. The smallest absolute Gasteiger partial charge is 0.341 e. The Morgan fingerprint density at radius 2 is 2.00 bits per heavy atom. The van der Waals surface area contributed by atoms with Crippen molar-refractivity contribution >= 4 is 27.6 Å². The minimum Gasteiger partial charge on any atom is -0.496 e. The Balaban J connectivity index is 3.06. The van der Waals surface area contributed by atoms with Crippen molar-refractivity contribution in [3.63, 3.8) is 0 Å². The quantitative estimate of drug-likeness (QED) is 0.797. The number of hydrogen-bond acceptors (Lipinski definition) is 5. The van der Waals surface area contributed by atoms with Crippen molar-refractivity contribution < 1.29 is 22.7 Å². The number of nitrogens with one attached hydrogen (secondary N) is 1. The Kier molecular flexibility index (Phi) is 5.79. The zero-order valence-electron chi connectivity index (χ0n) is 11.4. The van der Waals surface area contributed by atoms with Crippen LogP contribution in [0.25, 0.3) is 0 Å². The van der Waals surface area contributed by atoms with E-state index >= 15 is 0 Å². The summed E-state index contributed by atoms with van der Waals surface area (Å²) in [6.07, 6.45) is 1.41. The number of rotatable bonds is 6. The van der Waals surface area contributed by atoms with Gasteiger partial charge in [-0.3, -0.25) is 0 Å². The van der Waals surface area contributed by atoms with Gasteiger partial charge in [-0.1, -0.05) is 11.6 Å². The van der Waals surface area contributed by atoms with E-state index in [2.05, 4.69) is 9.46 Å². The number of sulfonamides is 1. The summed E-state index contributed by atoms with van der Waals surface area (Å²) in [6, 6.07) is 3.07. The topological polar surface area (TPSA) is 81.7 Å². The zero-order chi connectivity index (χ0) is 15.3. The van der Waals surface area contributed by atoms with E-state index in [0.29, 0.717) is 22.8 Å². The highest BCUT2D eigenvalue weighted by Crippen LogP contribution is 2.29. The molecule has 1 N–H and O–H groups in total. The van der Waals surface area contributed by atoms with Crippen molar-refractivity contribution in [1.82, 2.24) is 4.72 Å². The molecule has 0 amide bonds. The maximum atomic E-state index is 11.7. The number of methoxy groups -OCH3 is 2. The molecule has 0 aliphatic heterocycles. The third kappa shape index (κ3) is 4.66. The lowest BCUT2D eigenvalue weighted by Gasteiger charge is -2.13. The van der Waals surface area contributed by atoms with Crippen molar-refractivity contribution in [1.29, 1.82) is 0 Å². The number of halogens is 1. The van der Waals surface area contributed by atoms with Gasteiger partial charge in [-0.15, -0.1) is 0 Å². The van der Waals surface area contributed by atoms with E-state index in [1.54, 1.807) is 6.07 Å². The fraction of sp³-hybridized carbons (Fsp3) is 0.417. The lowest BCUT2D eigenvalue weighted by Crippen LogP contribution is -2.24. The monoisotopic (exact) mass is 321 g/mol. The van der Waals surface area contributed by atoms with Gasteiger partial charge in [-0.05, 0) is 24.1 Å². The number of ether oxygens (including phenoxy) is 2. The predicted molar refractivity (Wildman–Crippen MR) is 75.9 cm³/mol. The maximum Gasteiger partial charge on any atom is 0.341 e. The average Bonchev–Trinajstić information content (AvgIpc) is 2.35. The van der Waals surface area contributed by atoms with Crippen LogP contribution in [-0.2, 0) is 21.2 Å². The Morgan fingerprint density at radius 3 is 2.50 bits per heavy atom. The summed E-state index contributed by atoms with van der Waals surface area (Å²) in [5.74, 6) is -0.238. The van der Waals surface area contributed by atoms with E-state index in [0.717, 1.165) is 6.26 Å². The number of carbonyl (C=O) groups is 1. The molecule has 20 heavy (non-hydrogen) atoms. The van der Waals surface area contributed by atoms with Crippen LogP contribution in [0.3, 0.4) is 0 Å². The molecule has 6 nitrogen and oxygen atoms in total. The molecule has 1 rings (SSSR count). The van der Waals surface area contributed by atoms with Crippen LogP contribution in [0.1, 0.15) is 15.9 Å². The Bertz CT molecular complexity index is 600. The number of benzene rings is 1. The van der Waals surface area contributed by atoms with Gasteiger partial charge in [-0.2, -0.15) is 0 Å². The standard InChI is InChI=1S/C12H16ClNO5S/c1-18-11-8(4-5-14-20(3,16)17)6-9(13)7-10(11)12(15)19-2/h6-7,14H,4-5H2,1-3H3. The predicted octanol–water partition coefficient (Wildman–Crippen LogP) is 1.23. The van der Waals surface area contributed by atoms with Gasteiger partial charge in [0, 0.05) is 11.6 Å². The van der Waals surface area contributed by atoms with Crippen LogP contribution in [-0.4, -0.2) is 41.4 Å². The van der Waals surface area contributed by atoms with Crippen molar-refractivity contribution in [2.75, 3.05) is 27.0 Å². The van der Waals surface area contributed by atoms with Gasteiger partial charge in [0.15, 0.2) is 0 Å². The fourth-order valence-corrected chi connectivity index (χ4v) is 2.42. The summed E-state index contributed by atoms with van der Waals surface area (Å²) in [6.45, 7) is 0.177. The van der Waals surface area contributed by atoms with Gasteiger partial charge >= 0.3 is 5.97 Å². The molecule has 0 saturated carbocycles. The first-order chi connectivity index (χ1) is 9.28. The van der Waals surface area contributed by atoms with E-state index in [-0.39, 0.29) is 12.1 Å². The van der Waals surface area contributed by atoms with E-state index < -0.39 is 16.0 Å². The SMILES string of the molecule is COC(=O)c1cc(Cl)cc(CCNS(C)(=O)=O)c1OC. The van der Waals surface area contributed by atoms with Crippen LogP contribution in [0.5, 0.6) is 5.75 Å². The zero-order valence-corrected chi connectivity index (χ0v) is 13.0.